The van der Waals surface area contributed by atoms with Gasteiger partial charge in [-0.2, -0.15) is 0 Å². The van der Waals surface area contributed by atoms with Crippen LogP contribution in [0, 0.1) is 19.8 Å². The van der Waals surface area contributed by atoms with E-state index in [1.54, 1.807) is 31.5 Å². The van der Waals surface area contributed by atoms with Crippen molar-refractivity contribution < 1.29 is 14.0 Å². The second-order valence-electron chi connectivity index (χ2n) is 7.16. The number of carbonyl (C=O) groups excluding carboxylic acids is 2. The van der Waals surface area contributed by atoms with Crippen LogP contribution in [0.4, 0.5) is 5.69 Å². The van der Waals surface area contributed by atoms with Gasteiger partial charge in [0, 0.05) is 23.6 Å². The first-order chi connectivity index (χ1) is 13.9. The topological polar surface area (TPSA) is 97.1 Å². The number of aryl methyl sites for hydroxylation is 2. The van der Waals surface area contributed by atoms with Crippen molar-refractivity contribution in [3.05, 3.63) is 77.3 Å². The minimum absolute atomic E-state index is 0.00566. The van der Waals surface area contributed by atoms with Crippen LogP contribution in [0.3, 0.4) is 0 Å². The van der Waals surface area contributed by atoms with Gasteiger partial charge in [0.2, 0.25) is 5.89 Å². The lowest BCUT2D eigenvalue weighted by atomic mass is 10.0. The molecular formula is C22H24N4O3. The van der Waals surface area contributed by atoms with Crippen LogP contribution in [0.1, 0.15) is 58.0 Å². The molecule has 2 amide bonds. The van der Waals surface area contributed by atoms with Crippen LogP contribution in [-0.2, 0) is 0 Å². The van der Waals surface area contributed by atoms with Crippen LogP contribution < -0.4 is 10.6 Å². The Bertz CT molecular complexity index is 1010. The molecule has 29 heavy (non-hydrogen) atoms. The molecule has 1 aromatic carbocycles. The quantitative estimate of drug-likeness (QED) is 0.659. The number of hydrogen-bond acceptors (Lipinski definition) is 5. The Morgan fingerprint density at radius 1 is 1.00 bits per heavy atom. The molecule has 3 rings (SSSR count). The van der Waals surface area contributed by atoms with Crippen LogP contribution >= 0.6 is 0 Å². The predicted molar refractivity (Wildman–Crippen MR) is 110 cm³/mol. The molecule has 150 valence electrons. The summed E-state index contributed by atoms with van der Waals surface area (Å²) < 4.78 is 5.76. The van der Waals surface area contributed by atoms with E-state index in [4.69, 9.17) is 4.42 Å². The number of aromatic nitrogens is 2. The Morgan fingerprint density at radius 2 is 1.69 bits per heavy atom. The highest BCUT2D eigenvalue weighted by atomic mass is 16.4. The van der Waals surface area contributed by atoms with Crippen LogP contribution in [0.25, 0.3) is 0 Å². The Balaban J connectivity index is 1.81. The van der Waals surface area contributed by atoms with Crippen molar-refractivity contribution in [2.45, 2.75) is 33.7 Å². The maximum Gasteiger partial charge on any atom is 0.277 e. The van der Waals surface area contributed by atoms with Crippen molar-refractivity contribution in [1.29, 1.82) is 0 Å². The van der Waals surface area contributed by atoms with E-state index in [1.807, 2.05) is 45.0 Å². The number of nitrogens with zero attached hydrogens (tertiary/aromatic N) is 2. The molecule has 7 nitrogen and oxygen atoms in total. The first-order valence-corrected chi connectivity index (χ1v) is 9.42. The van der Waals surface area contributed by atoms with E-state index in [-0.39, 0.29) is 23.4 Å². The molecule has 0 radical (unpaired) electrons. The van der Waals surface area contributed by atoms with E-state index in [1.165, 1.54) is 0 Å². The lowest BCUT2D eigenvalue weighted by molar-refractivity contribution is 0.0915. The summed E-state index contributed by atoms with van der Waals surface area (Å²) in [6.45, 7) is 7.50. The normalized spacial score (nSPS) is 11.9. The van der Waals surface area contributed by atoms with E-state index in [9.17, 15) is 9.59 Å². The summed E-state index contributed by atoms with van der Waals surface area (Å²) in [5, 5.41) is 5.79. The fraction of sp³-hybridized carbons (Fsp3) is 0.273. The summed E-state index contributed by atoms with van der Waals surface area (Å²) in [7, 11) is 0. The predicted octanol–water partition coefficient (Wildman–Crippen LogP) is 4.07. The summed E-state index contributed by atoms with van der Waals surface area (Å²) in [6.07, 6.45) is 3.12. The van der Waals surface area contributed by atoms with Gasteiger partial charge < -0.3 is 15.1 Å². The van der Waals surface area contributed by atoms with E-state index < -0.39 is 6.04 Å². The molecule has 1 atom stereocenters. The van der Waals surface area contributed by atoms with Crippen molar-refractivity contribution in [3.8, 4) is 0 Å². The number of benzene rings is 1. The molecule has 2 aromatic heterocycles. The zero-order valence-corrected chi connectivity index (χ0v) is 16.9. The molecule has 0 fully saturated rings. The van der Waals surface area contributed by atoms with Gasteiger partial charge in [0.25, 0.3) is 11.8 Å². The number of oxazole rings is 1. The van der Waals surface area contributed by atoms with Crippen molar-refractivity contribution in [2.24, 2.45) is 5.92 Å². The summed E-state index contributed by atoms with van der Waals surface area (Å²) in [5.74, 6) is 0.0958. The van der Waals surface area contributed by atoms with Crippen molar-refractivity contribution in [1.82, 2.24) is 15.3 Å². The van der Waals surface area contributed by atoms with E-state index >= 15 is 0 Å². The molecule has 0 aliphatic rings. The fourth-order valence-corrected chi connectivity index (χ4v) is 2.90. The van der Waals surface area contributed by atoms with E-state index in [0.29, 0.717) is 22.9 Å². The molecule has 7 heteroatoms. The average Bonchev–Trinajstić information content (AvgIpc) is 3.09. The largest absolute Gasteiger partial charge is 0.443 e. The van der Waals surface area contributed by atoms with Crippen LogP contribution in [-0.4, -0.2) is 21.8 Å². The van der Waals surface area contributed by atoms with Gasteiger partial charge in [-0.15, -0.1) is 0 Å². The van der Waals surface area contributed by atoms with Crippen molar-refractivity contribution in [2.75, 3.05) is 5.32 Å². The number of anilines is 1. The Hall–Kier alpha value is -3.48. The number of pyridine rings is 1. The van der Waals surface area contributed by atoms with Crippen molar-refractivity contribution in [3.63, 3.8) is 0 Å². The third-order valence-electron chi connectivity index (χ3n) is 4.58. The smallest absolute Gasteiger partial charge is 0.277 e. The zero-order valence-electron chi connectivity index (χ0n) is 16.9. The molecule has 0 saturated carbocycles. The van der Waals surface area contributed by atoms with Crippen LogP contribution in [0.15, 0.2) is 53.2 Å². The van der Waals surface area contributed by atoms with Gasteiger partial charge in [-0.3, -0.25) is 14.6 Å². The molecule has 3 aromatic rings. The third-order valence-corrected chi connectivity index (χ3v) is 4.58. The molecule has 0 spiro atoms. The number of hydrogen-bond donors (Lipinski definition) is 2. The summed E-state index contributed by atoms with van der Waals surface area (Å²) in [5.41, 5.74) is 2.36. The molecule has 2 heterocycles. The second-order valence-corrected chi connectivity index (χ2v) is 7.16. The minimum Gasteiger partial charge on any atom is -0.443 e. The summed E-state index contributed by atoms with van der Waals surface area (Å²) in [6, 6.07) is 10.3. The second kappa shape index (κ2) is 8.68. The molecule has 0 aliphatic carbocycles. The maximum atomic E-state index is 12.7. The molecule has 0 unspecified atom stereocenters. The highest BCUT2D eigenvalue weighted by Gasteiger charge is 2.27. The Kier molecular flexibility index (Phi) is 6.07. The fourth-order valence-electron chi connectivity index (χ4n) is 2.90. The number of carbonyl (C=O) groups is 2. The maximum absolute atomic E-state index is 12.7. The molecule has 0 bridgehead atoms. The number of para-hydroxylation sites is 1. The molecule has 2 N–H and O–H groups in total. The van der Waals surface area contributed by atoms with E-state index in [0.717, 1.165) is 5.56 Å². The molecular weight excluding hydrogens is 368 g/mol. The van der Waals surface area contributed by atoms with Gasteiger partial charge in [-0.25, -0.2) is 4.98 Å². The number of amides is 2. The number of nitrogens with one attached hydrogen (secondary N) is 2. The Labute approximate surface area is 169 Å². The Morgan fingerprint density at radius 3 is 2.34 bits per heavy atom. The van der Waals surface area contributed by atoms with Crippen LogP contribution in [0.2, 0.25) is 0 Å². The summed E-state index contributed by atoms with van der Waals surface area (Å²) in [4.78, 5) is 33.6. The monoisotopic (exact) mass is 392 g/mol. The third kappa shape index (κ3) is 4.68. The SMILES string of the molecule is Cc1ccccc1NC(=O)c1nc([C@H](NC(=O)c2ccncc2)C(C)C)oc1C. The highest BCUT2D eigenvalue weighted by molar-refractivity contribution is 6.04. The number of rotatable bonds is 6. The minimum atomic E-state index is -0.477. The lowest BCUT2D eigenvalue weighted by Crippen LogP contribution is -2.32. The van der Waals surface area contributed by atoms with Crippen molar-refractivity contribution >= 4 is 17.5 Å². The van der Waals surface area contributed by atoms with E-state index in [2.05, 4.69) is 20.6 Å². The average molecular weight is 392 g/mol. The van der Waals surface area contributed by atoms with Gasteiger partial charge in [-0.05, 0) is 43.5 Å². The zero-order chi connectivity index (χ0) is 21.0. The molecule has 0 saturated heterocycles. The highest BCUT2D eigenvalue weighted by Crippen LogP contribution is 2.25. The summed E-state index contributed by atoms with van der Waals surface area (Å²) >= 11 is 0. The van der Waals surface area contributed by atoms with Gasteiger partial charge in [0.05, 0.1) is 0 Å². The standard InChI is InChI=1S/C22H24N4O3/c1-13(2)18(25-20(27)16-9-11-23-12-10-16)22-26-19(15(4)29-22)21(28)24-17-8-6-5-7-14(17)3/h5-13,18H,1-4H3,(H,24,28)(H,25,27)/t18-/m1/s1. The first-order valence-electron chi connectivity index (χ1n) is 9.42. The van der Waals surface area contributed by atoms with Gasteiger partial charge in [0.1, 0.15) is 11.8 Å². The lowest BCUT2D eigenvalue weighted by Gasteiger charge is -2.19. The first kappa shape index (κ1) is 20.3. The molecule has 0 aliphatic heterocycles. The van der Waals surface area contributed by atoms with Gasteiger partial charge in [-0.1, -0.05) is 32.0 Å². The van der Waals surface area contributed by atoms with Gasteiger partial charge >= 0.3 is 0 Å². The van der Waals surface area contributed by atoms with Gasteiger partial charge in [0.15, 0.2) is 5.69 Å². The van der Waals surface area contributed by atoms with Crippen LogP contribution in [0.5, 0.6) is 0 Å².